The van der Waals surface area contributed by atoms with Crippen LogP contribution in [-0.4, -0.2) is 11.9 Å². The molecule has 0 spiro atoms. The van der Waals surface area contributed by atoms with Crippen LogP contribution < -0.4 is 5.32 Å². The first-order valence-corrected chi connectivity index (χ1v) is 7.53. The normalized spacial score (nSPS) is 12.5. The Morgan fingerprint density at radius 2 is 1.73 bits per heavy atom. The summed E-state index contributed by atoms with van der Waals surface area (Å²) in [5.74, 6) is -0.306. The second-order valence-electron chi connectivity index (χ2n) is 5.68. The van der Waals surface area contributed by atoms with E-state index in [1.54, 1.807) is 6.07 Å². The molecule has 0 heterocycles. The van der Waals surface area contributed by atoms with E-state index in [-0.39, 0.29) is 17.7 Å². The minimum Gasteiger partial charge on any atom is -0.350 e. The molecule has 1 radical (unpaired) electrons. The number of amides is 1. The number of hydrogen-bond donors (Lipinski definition) is 1. The minimum absolute atomic E-state index is 0.0925. The van der Waals surface area contributed by atoms with Gasteiger partial charge in [-0.15, -0.1) is 0 Å². The Kier molecular flexibility index (Phi) is 3.72. The molecule has 0 bridgehead atoms. The fourth-order valence-electron chi connectivity index (χ4n) is 2.56. The molecule has 3 nitrogen and oxygen atoms in total. The van der Waals surface area contributed by atoms with Gasteiger partial charge in [0.25, 0.3) is 5.91 Å². The van der Waals surface area contributed by atoms with E-state index in [1.807, 2.05) is 50.2 Å². The highest BCUT2D eigenvalue weighted by atomic mass is 16.3. The van der Waals surface area contributed by atoms with E-state index in [0.29, 0.717) is 10.9 Å². The molecule has 1 amide bonds. The lowest BCUT2D eigenvalue weighted by Gasteiger charge is -2.12. The first kappa shape index (κ1) is 14.4. The molecule has 0 aliphatic heterocycles. The molecule has 0 aliphatic rings. The minimum atomic E-state index is -0.193. The fourth-order valence-corrected chi connectivity index (χ4v) is 2.56. The molecule has 3 heteroatoms. The second-order valence-corrected chi connectivity index (χ2v) is 5.68. The predicted octanol–water partition coefficient (Wildman–Crippen LogP) is 4.67. The van der Waals surface area contributed by atoms with Crippen LogP contribution in [0.4, 0.5) is 0 Å². The van der Waals surface area contributed by atoms with Gasteiger partial charge in [0.05, 0.1) is 0 Å². The number of hydrogen-bond acceptors (Lipinski definition) is 1. The average molecular weight is 292 g/mol. The van der Waals surface area contributed by atoms with Gasteiger partial charge in [-0.1, -0.05) is 31.2 Å². The maximum Gasteiger partial charge on any atom is 0.251 e. The standard InChI is InChI=1S/C19H18NO2/c1-3-12(2)20-19(22)16-9-15-8-13-6-4-5-7-14(13)10-17(15)18(21)11-16/h4-12H,3H2,1-2H3,(H,20,22). The molecule has 0 saturated carbocycles. The fraction of sp³-hybridized carbons (Fsp3) is 0.211. The van der Waals surface area contributed by atoms with Crippen molar-refractivity contribution in [2.45, 2.75) is 26.3 Å². The van der Waals surface area contributed by atoms with Gasteiger partial charge in [0.2, 0.25) is 0 Å². The van der Waals surface area contributed by atoms with Gasteiger partial charge < -0.3 is 5.32 Å². The van der Waals surface area contributed by atoms with Crippen molar-refractivity contribution in [1.29, 1.82) is 0 Å². The van der Waals surface area contributed by atoms with E-state index in [9.17, 15) is 9.90 Å². The topological polar surface area (TPSA) is 49.0 Å². The molecule has 0 fully saturated rings. The Morgan fingerprint density at radius 1 is 1.05 bits per heavy atom. The Labute approximate surface area is 129 Å². The predicted molar refractivity (Wildman–Crippen MR) is 88.8 cm³/mol. The number of carbonyl (C=O) groups excluding carboxylic acids is 1. The number of nitrogens with one attached hydrogen (secondary N) is 1. The summed E-state index contributed by atoms with van der Waals surface area (Å²) in [6, 6.07) is 15.1. The van der Waals surface area contributed by atoms with Crippen molar-refractivity contribution in [1.82, 2.24) is 5.32 Å². The summed E-state index contributed by atoms with van der Waals surface area (Å²) in [6.07, 6.45) is 0.855. The lowest BCUT2D eigenvalue weighted by atomic mass is 10.0. The van der Waals surface area contributed by atoms with Crippen LogP contribution in [0.1, 0.15) is 30.6 Å². The lowest BCUT2D eigenvalue weighted by molar-refractivity contribution is 0.0939. The van der Waals surface area contributed by atoms with Crippen LogP contribution in [-0.2, 0) is 5.11 Å². The lowest BCUT2D eigenvalue weighted by Crippen LogP contribution is -2.31. The van der Waals surface area contributed by atoms with E-state index in [2.05, 4.69) is 5.32 Å². The highest BCUT2D eigenvalue weighted by molar-refractivity contribution is 6.05. The Balaban J connectivity index is 2.11. The summed E-state index contributed by atoms with van der Waals surface area (Å²) in [5.41, 5.74) is 0.424. The molecular weight excluding hydrogens is 274 g/mol. The SMILES string of the molecule is CCC(C)NC(=O)c1cc([O])c2cc3ccccc3cc2c1. The number of fused-ring (bicyclic) bond motifs is 2. The van der Waals surface area contributed by atoms with Crippen molar-refractivity contribution >= 4 is 27.5 Å². The Bertz CT molecular complexity index is 855. The van der Waals surface area contributed by atoms with Gasteiger partial charge in [0.1, 0.15) is 0 Å². The van der Waals surface area contributed by atoms with Gasteiger partial charge in [0, 0.05) is 17.0 Å². The van der Waals surface area contributed by atoms with Crippen LogP contribution in [0, 0.1) is 0 Å². The van der Waals surface area contributed by atoms with Crippen LogP contribution >= 0.6 is 0 Å². The third-order valence-corrected chi connectivity index (χ3v) is 4.03. The molecular formula is C19H18NO2. The number of benzene rings is 3. The van der Waals surface area contributed by atoms with Crippen LogP contribution in [0.3, 0.4) is 0 Å². The maximum absolute atomic E-state index is 12.3. The maximum atomic E-state index is 12.3. The van der Waals surface area contributed by atoms with E-state index in [1.165, 1.54) is 6.07 Å². The first-order valence-electron chi connectivity index (χ1n) is 7.53. The van der Waals surface area contributed by atoms with Gasteiger partial charge >= 0.3 is 0 Å². The summed E-state index contributed by atoms with van der Waals surface area (Å²) in [5, 5.41) is 18.8. The summed E-state index contributed by atoms with van der Waals surface area (Å²) >= 11 is 0. The second kappa shape index (κ2) is 5.68. The molecule has 3 aromatic carbocycles. The molecule has 0 aliphatic carbocycles. The summed E-state index contributed by atoms with van der Waals surface area (Å²) in [6.45, 7) is 3.96. The summed E-state index contributed by atoms with van der Waals surface area (Å²) < 4.78 is 0. The third kappa shape index (κ3) is 2.62. The molecule has 3 rings (SSSR count). The molecule has 3 aromatic rings. The van der Waals surface area contributed by atoms with Crippen molar-refractivity contribution in [3.63, 3.8) is 0 Å². The molecule has 0 saturated heterocycles. The average Bonchev–Trinajstić information content (AvgIpc) is 2.53. The highest BCUT2D eigenvalue weighted by Crippen LogP contribution is 2.31. The zero-order valence-electron chi connectivity index (χ0n) is 12.7. The first-order chi connectivity index (χ1) is 10.6. The zero-order chi connectivity index (χ0) is 15.7. The smallest absolute Gasteiger partial charge is 0.251 e. The van der Waals surface area contributed by atoms with Gasteiger partial charge in [-0.3, -0.25) is 9.90 Å². The van der Waals surface area contributed by atoms with E-state index < -0.39 is 0 Å². The molecule has 1 N–H and O–H groups in total. The van der Waals surface area contributed by atoms with Crippen molar-refractivity contribution < 1.29 is 9.90 Å². The van der Waals surface area contributed by atoms with Gasteiger partial charge in [-0.2, -0.15) is 0 Å². The van der Waals surface area contributed by atoms with Crippen LogP contribution in [0.2, 0.25) is 0 Å². The van der Waals surface area contributed by atoms with E-state index in [0.717, 1.165) is 22.6 Å². The number of carbonyl (C=O) groups is 1. The third-order valence-electron chi connectivity index (χ3n) is 4.03. The van der Waals surface area contributed by atoms with Crippen molar-refractivity contribution in [3.8, 4) is 5.75 Å². The van der Waals surface area contributed by atoms with Crippen molar-refractivity contribution in [3.05, 3.63) is 54.1 Å². The summed E-state index contributed by atoms with van der Waals surface area (Å²) in [4.78, 5) is 12.2. The van der Waals surface area contributed by atoms with Crippen molar-refractivity contribution in [2.24, 2.45) is 0 Å². The van der Waals surface area contributed by atoms with E-state index in [4.69, 9.17) is 0 Å². The Morgan fingerprint density at radius 3 is 2.41 bits per heavy atom. The van der Waals surface area contributed by atoms with E-state index >= 15 is 0 Å². The molecule has 111 valence electrons. The van der Waals surface area contributed by atoms with Crippen LogP contribution in [0.5, 0.6) is 5.75 Å². The molecule has 1 unspecified atom stereocenters. The monoisotopic (exact) mass is 292 g/mol. The Hall–Kier alpha value is -2.55. The molecule has 22 heavy (non-hydrogen) atoms. The zero-order valence-corrected chi connectivity index (χ0v) is 12.7. The van der Waals surface area contributed by atoms with Crippen LogP contribution in [0.25, 0.3) is 21.5 Å². The quantitative estimate of drug-likeness (QED) is 0.701. The molecule has 0 aromatic heterocycles. The van der Waals surface area contributed by atoms with Gasteiger partial charge in [-0.25, -0.2) is 0 Å². The highest BCUT2D eigenvalue weighted by Gasteiger charge is 2.13. The van der Waals surface area contributed by atoms with Crippen molar-refractivity contribution in [2.75, 3.05) is 0 Å². The van der Waals surface area contributed by atoms with Gasteiger partial charge in [0.15, 0.2) is 5.75 Å². The van der Waals surface area contributed by atoms with Crippen LogP contribution in [0.15, 0.2) is 48.5 Å². The number of rotatable bonds is 3. The van der Waals surface area contributed by atoms with Gasteiger partial charge in [-0.05, 0) is 53.8 Å². The largest absolute Gasteiger partial charge is 0.350 e. The summed E-state index contributed by atoms with van der Waals surface area (Å²) in [7, 11) is 0. The molecule has 1 atom stereocenters.